The summed E-state index contributed by atoms with van der Waals surface area (Å²) in [6.07, 6.45) is 5.00. The van der Waals surface area contributed by atoms with E-state index < -0.39 is 10.0 Å². The van der Waals surface area contributed by atoms with Gasteiger partial charge >= 0.3 is 0 Å². The van der Waals surface area contributed by atoms with E-state index in [-0.39, 0.29) is 16.7 Å². The summed E-state index contributed by atoms with van der Waals surface area (Å²) in [6.45, 7) is 10.9. The second kappa shape index (κ2) is 9.07. The standard InChI is InChI=1S/C31H33N5O3S/c1-5-27(37)36-18-31(19-36)10-11-35(17-31)29-25(16-32)28(24-14-30(2,3)15-26(24)33-29)23-13-21(34-40(4,38)39)12-20-8-6-7-9-22(20)23/h5-9,12-13,34H,1,10-11,14-15,17-19H2,2-4H3. The molecule has 2 aromatic carbocycles. The molecule has 3 heterocycles. The molecule has 3 aromatic rings. The van der Waals surface area contributed by atoms with Gasteiger partial charge in [-0.15, -0.1) is 0 Å². The third-order valence-corrected chi connectivity index (χ3v) is 9.10. The molecule has 0 unspecified atom stereocenters. The molecule has 1 amide bonds. The molecule has 8 nitrogen and oxygen atoms in total. The number of carbonyl (C=O) groups excluding carboxylic acids is 1. The van der Waals surface area contributed by atoms with Gasteiger partial charge in [0.15, 0.2) is 0 Å². The Morgan fingerprint density at radius 2 is 1.93 bits per heavy atom. The fourth-order valence-corrected chi connectivity index (χ4v) is 7.38. The van der Waals surface area contributed by atoms with Crippen LogP contribution in [0.15, 0.2) is 49.1 Å². The van der Waals surface area contributed by atoms with E-state index >= 15 is 0 Å². The molecule has 6 rings (SSSR count). The predicted molar refractivity (Wildman–Crippen MR) is 158 cm³/mol. The number of likely N-dealkylation sites (tertiary alicyclic amines) is 1. The van der Waals surface area contributed by atoms with Crippen molar-refractivity contribution >= 4 is 38.2 Å². The van der Waals surface area contributed by atoms with Crippen LogP contribution in [0.25, 0.3) is 21.9 Å². The van der Waals surface area contributed by atoms with Crippen molar-refractivity contribution in [1.29, 1.82) is 5.26 Å². The van der Waals surface area contributed by atoms with E-state index in [9.17, 15) is 18.5 Å². The van der Waals surface area contributed by atoms with E-state index in [2.05, 4.69) is 36.1 Å². The third kappa shape index (κ3) is 4.50. The Labute approximate surface area is 235 Å². The lowest BCUT2D eigenvalue weighted by molar-refractivity contribution is -0.136. The van der Waals surface area contributed by atoms with Crippen molar-refractivity contribution in [1.82, 2.24) is 9.88 Å². The first-order valence-corrected chi connectivity index (χ1v) is 15.4. The highest BCUT2D eigenvalue weighted by Gasteiger charge is 2.50. The quantitative estimate of drug-likeness (QED) is 0.465. The van der Waals surface area contributed by atoms with Gasteiger partial charge in [-0.3, -0.25) is 9.52 Å². The smallest absolute Gasteiger partial charge is 0.245 e. The Morgan fingerprint density at radius 1 is 1.18 bits per heavy atom. The summed E-state index contributed by atoms with van der Waals surface area (Å²) in [5.41, 5.74) is 4.71. The average molecular weight is 556 g/mol. The van der Waals surface area contributed by atoms with Gasteiger partial charge < -0.3 is 9.80 Å². The molecule has 9 heteroatoms. The number of hydrogen-bond donors (Lipinski definition) is 1. The van der Waals surface area contributed by atoms with Gasteiger partial charge in [0.2, 0.25) is 15.9 Å². The lowest BCUT2D eigenvalue weighted by Gasteiger charge is -2.47. The number of benzene rings is 2. The molecule has 1 aliphatic carbocycles. The Balaban J connectivity index is 1.52. The molecule has 0 saturated carbocycles. The van der Waals surface area contributed by atoms with Crippen LogP contribution in [0.5, 0.6) is 0 Å². The van der Waals surface area contributed by atoms with Gasteiger partial charge in [-0.25, -0.2) is 13.4 Å². The number of hydrogen-bond acceptors (Lipinski definition) is 6. The SMILES string of the molecule is C=CC(=O)N1CC2(CCN(c3nc4c(c(-c5cc(NS(C)(=O)=O)cc6ccccc56)c3C#N)CC(C)(C)C4)C2)C1. The zero-order valence-electron chi connectivity index (χ0n) is 23.1. The maximum atomic E-state index is 12.2. The van der Waals surface area contributed by atoms with Crippen molar-refractivity contribution in [2.45, 2.75) is 33.1 Å². The molecule has 206 valence electrons. The highest BCUT2D eigenvalue weighted by atomic mass is 32.2. The van der Waals surface area contributed by atoms with Crippen LogP contribution in [0.3, 0.4) is 0 Å². The topological polar surface area (TPSA) is 106 Å². The van der Waals surface area contributed by atoms with E-state index in [4.69, 9.17) is 4.98 Å². The van der Waals surface area contributed by atoms with E-state index in [1.807, 2.05) is 41.3 Å². The van der Waals surface area contributed by atoms with Crippen molar-refractivity contribution in [3.8, 4) is 17.2 Å². The Morgan fingerprint density at radius 3 is 2.62 bits per heavy atom. The molecule has 2 aliphatic heterocycles. The molecule has 0 atom stereocenters. The van der Waals surface area contributed by atoms with Gasteiger partial charge in [0.1, 0.15) is 17.5 Å². The molecule has 0 radical (unpaired) electrons. The fourth-order valence-electron chi connectivity index (χ4n) is 6.83. The summed E-state index contributed by atoms with van der Waals surface area (Å²) in [5.74, 6) is 0.640. The third-order valence-electron chi connectivity index (χ3n) is 8.49. The van der Waals surface area contributed by atoms with Crippen LogP contribution in [0.1, 0.15) is 37.1 Å². The van der Waals surface area contributed by atoms with Gasteiger partial charge in [-0.2, -0.15) is 5.26 Å². The number of sulfonamides is 1. The predicted octanol–water partition coefficient (Wildman–Crippen LogP) is 4.49. The minimum atomic E-state index is -3.50. The summed E-state index contributed by atoms with van der Waals surface area (Å²) in [7, 11) is -3.50. The molecule has 1 N–H and O–H groups in total. The summed E-state index contributed by atoms with van der Waals surface area (Å²) >= 11 is 0. The normalized spacial score (nSPS) is 18.9. The highest BCUT2D eigenvalue weighted by molar-refractivity contribution is 7.92. The molecule has 2 saturated heterocycles. The Bertz CT molecular complexity index is 1730. The van der Waals surface area contributed by atoms with Crippen molar-refractivity contribution in [3.63, 3.8) is 0 Å². The maximum Gasteiger partial charge on any atom is 0.245 e. The van der Waals surface area contributed by atoms with Gasteiger partial charge in [0, 0.05) is 48.5 Å². The molecule has 3 aliphatic rings. The summed E-state index contributed by atoms with van der Waals surface area (Å²) in [5, 5.41) is 12.5. The molecule has 1 aromatic heterocycles. The molecular weight excluding hydrogens is 522 g/mol. The van der Waals surface area contributed by atoms with Crippen molar-refractivity contribution in [3.05, 3.63) is 65.9 Å². The summed E-state index contributed by atoms with van der Waals surface area (Å²) in [4.78, 5) is 21.3. The number of pyridine rings is 1. The van der Waals surface area contributed by atoms with Crippen LogP contribution >= 0.6 is 0 Å². The fraction of sp³-hybridized carbons (Fsp3) is 0.387. The number of rotatable bonds is 5. The first kappa shape index (κ1) is 26.3. The number of aromatic nitrogens is 1. The number of amides is 1. The van der Waals surface area contributed by atoms with Crippen LogP contribution in [0.4, 0.5) is 11.5 Å². The number of anilines is 2. The second-order valence-electron chi connectivity index (χ2n) is 12.4. The van der Waals surface area contributed by atoms with E-state index in [0.29, 0.717) is 30.2 Å². The number of nitrogens with one attached hydrogen (secondary N) is 1. The van der Waals surface area contributed by atoms with Crippen LogP contribution < -0.4 is 9.62 Å². The molecule has 2 fully saturated rings. The van der Waals surface area contributed by atoms with Crippen LogP contribution in [0, 0.1) is 22.2 Å². The van der Waals surface area contributed by atoms with Gasteiger partial charge in [0.25, 0.3) is 0 Å². The largest absolute Gasteiger partial charge is 0.355 e. The number of nitrogens with zero attached hydrogens (tertiary/aromatic N) is 4. The summed E-state index contributed by atoms with van der Waals surface area (Å²) in [6, 6.07) is 14.1. The summed E-state index contributed by atoms with van der Waals surface area (Å²) < 4.78 is 27.0. The van der Waals surface area contributed by atoms with Crippen molar-refractivity contribution in [2.24, 2.45) is 10.8 Å². The zero-order valence-corrected chi connectivity index (χ0v) is 23.9. The van der Waals surface area contributed by atoms with E-state index in [1.165, 1.54) is 6.08 Å². The second-order valence-corrected chi connectivity index (χ2v) is 14.2. The average Bonchev–Trinajstić information content (AvgIpc) is 3.45. The first-order valence-electron chi connectivity index (χ1n) is 13.5. The first-order chi connectivity index (χ1) is 18.9. The molecule has 40 heavy (non-hydrogen) atoms. The molecule has 1 spiro atoms. The van der Waals surface area contributed by atoms with Gasteiger partial charge in [0.05, 0.1) is 6.26 Å². The minimum absolute atomic E-state index is 0.00244. The Hall–Kier alpha value is -3.90. The monoisotopic (exact) mass is 555 g/mol. The maximum absolute atomic E-state index is 12.2. The zero-order chi connectivity index (χ0) is 28.4. The van der Waals surface area contributed by atoms with E-state index in [1.54, 1.807) is 0 Å². The number of nitriles is 1. The number of fused-ring (bicyclic) bond motifs is 2. The molecular formula is C31H33N5O3S. The van der Waals surface area contributed by atoms with Crippen molar-refractivity contribution < 1.29 is 13.2 Å². The molecule has 0 bridgehead atoms. The van der Waals surface area contributed by atoms with Crippen molar-refractivity contribution in [2.75, 3.05) is 42.1 Å². The van der Waals surface area contributed by atoms with Gasteiger partial charge in [-0.05, 0) is 64.8 Å². The van der Waals surface area contributed by atoms with Crippen LogP contribution in [0.2, 0.25) is 0 Å². The number of carbonyl (C=O) groups is 1. The Kier molecular flexibility index (Phi) is 5.97. The van der Waals surface area contributed by atoms with Crippen LogP contribution in [-0.4, -0.2) is 56.6 Å². The van der Waals surface area contributed by atoms with E-state index in [0.717, 1.165) is 71.8 Å². The lowest BCUT2D eigenvalue weighted by atomic mass is 9.79. The van der Waals surface area contributed by atoms with Gasteiger partial charge in [-0.1, -0.05) is 44.7 Å². The van der Waals surface area contributed by atoms with Crippen LogP contribution in [-0.2, 0) is 27.7 Å². The highest BCUT2D eigenvalue weighted by Crippen LogP contribution is 2.48. The lowest BCUT2D eigenvalue weighted by Crippen LogP contribution is -2.59. The minimum Gasteiger partial charge on any atom is -0.355 e.